The van der Waals surface area contributed by atoms with Gasteiger partial charge in [-0.05, 0) is 52.6 Å². The van der Waals surface area contributed by atoms with E-state index >= 15 is 0 Å². The van der Waals surface area contributed by atoms with E-state index in [1.54, 1.807) is 23.3 Å². The summed E-state index contributed by atoms with van der Waals surface area (Å²) >= 11 is 0. The van der Waals surface area contributed by atoms with Gasteiger partial charge in [-0.15, -0.1) is 0 Å². The summed E-state index contributed by atoms with van der Waals surface area (Å²) in [5, 5.41) is 21.1. The van der Waals surface area contributed by atoms with Gasteiger partial charge >= 0.3 is 0 Å². The number of anilines is 1. The summed E-state index contributed by atoms with van der Waals surface area (Å²) in [4.78, 5) is 22.3. The smallest absolute Gasteiger partial charge is 0.241 e. The minimum Gasteiger partial charge on any atom is -0.508 e. The third-order valence-corrected chi connectivity index (χ3v) is 10.3. The van der Waals surface area contributed by atoms with Crippen LogP contribution >= 0.6 is 0 Å². The summed E-state index contributed by atoms with van der Waals surface area (Å²) in [6.45, 7) is 5.40. The van der Waals surface area contributed by atoms with Gasteiger partial charge in [0.25, 0.3) is 0 Å². The molecule has 11 heteroatoms. The van der Waals surface area contributed by atoms with Crippen LogP contribution in [0.4, 0.5) is 5.69 Å². The predicted molar refractivity (Wildman–Crippen MR) is 232 cm³/mol. The predicted octanol–water partition coefficient (Wildman–Crippen LogP) is 8.82. The monoisotopic (exact) mass is 803 g/mol. The molecule has 1 aliphatic heterocycles. The Kier molecular flexibility index (Phi) is 13.5. The lowest BCUT2D eigenvalue weighted by molar-refractivity contribution is -0.179. The molecule has 2 heterocycles. The van der Waals surface area contributed by atoms with Crippen LogP contribution in [-0.4, -0.2) is 70.2 Å². The number of phenolic OH excluding ortho intramolecular Hbond substituents is 1. The number of aromatic hydroxyl groups is 1. The van der Waals surface area contributed by atoms with E-state index in [1.165, 1.54) is 5.56 Å². The van der Waals surface area contributed by atoms with Crippen LogP contribution in [0.1, 0.15) is 22.3 Å². The van der Waals surface area contributed by atoms with E-state index in [0.717, 1.165) is 40.7 Å². The van der Waals surface area contributed by atoms with Crippen molar-refractivity contribution in [3.63, 3.8) is 0 Å². The number of nitrogens with zero attached hydrogens (tertiary/aromatic N) is 4. The van der Waals surface area contributed by atoms with Crippen molar-refractivity contribution in [2.75, 3.05) is 44.7 Å². The van der Waals surface area contributed by atoms with Gasteiger partial charge in [0.05, 0.1) is 56.2 Å². The lowest BCUT2D eigenvalue weighted by Crippen LogP contribution is -2.35. The molecule has 2 N–H and O–H groups in total. The molecular weight excluding hydrogens is 755 g/mol. The maximum atomic E-state index is 13.8. The molecule has 11 nitrogen and oxygen atoms in total. The molecule has 306 valence electrons. The van der Waals surface area contributed by atoms with Crippen molar-refractivity contribution in [1.82, 2.24) is 19.7 Å². The van der Waals surface area contributed by atoms with Crippen LogP contribution in [0.3, 0.4) is 0 Å². The molecular formula is C49H49N5O6. The Morgan fingerprint density at radius 1 is 0.683 bits per heavy atom. The highest BCUT2D eigenvalue weighted by Crippen LogP contribution is 2.50. The number of fused-ring (bicyclic) bond motifs is 2. The summed E-state index contributed by atoms with van der Waals surface area (Å²) in [5.74, 6) is 0.875. The maximum Gasteiger partial charge on any atom is 0.241 e. The van der Waals surface area contributed by atoms with Gasteiger partial charge in [-0.1, -0.05) is 121 Å². The van der Waals surface area contributed by atoms with Crippen molar-refractivity contribution in [2.24, 2.45) is 0 Å². The van der Waals surface area contributed by atoms with Crippen LogP contribution in [0.5, 0.6) is 17.2 Å². The number of phenols is 1. The molecule has 0 bridgehead atoms. The zero-order valence-corrected chi connectivity index (χ0v) is 33.5. The molecule has 1 aliphatic rings. The first-order valence-electron chi connectivity index (χ1n) is 20.3. The molecule has 60 heavy (non-hydrogen) atoms. The standard InChI is InChI=1S/C49H49N5O6/c55-41-21-24-45-42(31-41)48-47-44(54(51-48)26-25-52(32-37-13-5-1-6-14-37)27-29-57-34-38-15-7-2-8-16-38)23-22-43(49(47)60-45)50-46(56)33-53(59-36-40-19-11-4-12-20-40)28-30-58-35-39-17-9-3-10-18-39/h1-24,31,55H,25-30,32-36H2,(H,50,56). The molecule has 8 rings (SSSR count). The van der Waals surface area contributed by atoms with E-state index in [9.17, 15) is 9.90 Å². The molecule has 0 aliphatic carbocycles. The minimum absolute atomic E-state index is 0.0398. The van der Waals surface area contributed by atoms with Crippen LogP contribution < -0.4 is 10.1 Å². The second-order valence-electron chi connectivity index (χ2n) is 14.7. The van der Waals surface area contributed by atoms with Crippen LogP contribution in [0.25, 0.3) is 22.2 Å². The molecule has 0 saturated heterocycles. The summed E-state index contributed by atoms with van der Waals surface area (Å²) < 4.78 is 20.5. The van der Waals surface area contributed by atoms with Gasteiger partial charge in [0.2, 0.25) is 5.91 Å². The topological polar surface area (TPSA) is 111 Å². The van der Waals surface area contributed by atoms with E-state index in [2.05, 4.69) is 46.6 Å². The normalized spacial score (nSPS) is 11.8. The number of carbonyl (C=O) groups excluding carboxylic acids is 1. The van der Waals surface area contributed by atoms with Gasteiger partial charge in [-0.25, -0.2) is 0 Å². The van der Waals surface area contributed by atoms with Crippen molar-refractivity contribution in [1.29, 1.82) is 0 Å². The fourth-order valence-electron chi connectivity index (χ4n) is 7.22. The molecule has 1 amide bonds. The fraction of sp³-hybridized carbons (Fsp3) is 0.224. The van der Waals surface area contributed by atoms with Crippen molar-refractivity contribution in [3.8, 4) is 28.5 Å². The van der Waals surface area contributed by atoms with Crippen molar-refractivity contribution >= 4 is 22.5 Å². The van der Waals surface area contributed by atoms with Gasteiger partial charge in [0.15, 0.2) is 5.75 Å². The maximum absolute atomic E-state index is 13.8. The third kappa shape index (κ3) is 10.6. The molecule has 6 aromatic carbocycles. The molecule has 0 radical (unpaired) electrons. The van der Waals surface area contributed by atoms with E-state index < -0.39 is 0 Å². The summed E-state index contributed by atoms with van der Waals surface area (Å²) in [7, 11) is 0. The Morgan fingerprint density at radius 2 is 1.28 bits per heavy atom. The van der Waals surface area contributed by atoms with Crippen LogP contribution in [-0.2, 0) is 52.0 Å². The van der Waals surface area contributed by atoms with Crippen LogP contribution in [0.2, 0.25) is 0 Å². The first kappa shape index (κ1) is 40.4. The second-order valence-corrected chi connectivity index (χ2v) is 14.7. The number of ether oxygens (including phenoxy) is 3. The number of nitrogens with one attached hydrogen (secondary N) is 1. The molecule has 0 atom stereocenters. The largest absolute Gasteiger partial charge is 0.508 e. The summed E-state index contributed by atoms with van der Waals surface area (Å²) in [6, 6.07) is 49.2. The summed E-state index contributed by atoms with van der Waals surface area (Å²) in [6.07, 6.45) is 0. The Hall–Kier alpha value is -6.34. The third-order valence-electron chi connectivity index (χ3n) is 10.3. The SMILES string of the molecule is O=C(CN(CCOCc1ccccc1)OCc1ccccc1)Nc1ccc2c3c(nn2CCN(CCOCc2ccccc2)Cc2ccccc2)-c2cc(O)ccc2Oc13. The number of hydrogen-bond acceptors (Lipinski definition) is 9. The Labute approximate surface area is 350 Å². The van der Waals surface area contributed by atoms with Gasteiger partial charge in [0.1, 0.15) is 23.7 Å². The van der Waals surface area contributed by atoms with Crippen LogP contribution in [0, 0.1) is 0 Å². The van der Waals surface area contributed by atoms with Crippen LogP contribution in [0.15, 0.2) is 152 Å². The molecule has 7 aromatic rings. The van der Waals surface area contributed by atoms with E-state index in [4.69, 9.17) is 24.1 Å². The fourth-order valence-corrected chi connectivity index (χ4v) is 7.22. The summed E-state index contributed by atoms with van der Waals surface area (Å²) in [5.41, 5.74) is 7.15. The number of hydroxylamine groups is 2. The minimum atomic E-state index is -0.276. The van der Waals surface area contributed by atoms with E-state index in [-0.39, 0.29) is 18.2 Å². The highest BCUT2D eigenvalue weighted by Gasteiger charge is 2.28. The average molecular weight is 804 g/mol. The molecule has 1 aromatic heterocycles. The first-order valence-corrected chi connectivity index (χ1v) is 20.3. The highest BCUT2D eigenvalue weighted by atomic mass is 16.7. The number of carbonyl (C=O) groups is 1. The Balaban J connectivity index is 0.989. The molecule has 0 spiro atoms. The van der Waals surface area contributed by atoms with Crippen molar-refractivity contribution < 1.29 is 28.9 Å². The van der Waals surface area contributed by atoms with E-state index in [0.29, 0.717) is 81.1 Å². The van der Waals surface area contributed by atoms with Gasteiger partial charge in [-0.3, -0.25) is 19.2 Å². The molecule has 0 fully saturated rings. The van der Waals surface area contributed by atoms with Gasteiger partial charge in [-0.2, -0.15) is 10.2 Å². The Morgan fingerprint density at radius 3 is 1.93 bits per heavy atom. The van der Waals surface area contributed by atoms with Gasteiger partial charge in [0, 0.05) is 31.7 Å². The van der Waals surface area contributed by atoms with E-state index in [1.807, 2.05) is 102 Å². The Bertz CT molecular complexity index is 2450. The second kappa shape index (κ2) is 20.1. The van der Waals surface area contributed by atoms with Crippen molar-refractivity contribution in [2.45, 2.75) is 32.9 Å². The first-order chi connectivity index (χ1) is 29.6. The number of aromatic nitrogens is 2. The quantitative estimate of drug-likeness (QED) is 0.0544. The molecule has 0 saturated carbocycles. The molecule has 0 unspecified atom stereocenters. The lowest BCUT2D eigenvalue weighted by atomic mass is 10.0. The van der Waals surface area contributed by atoms with Crippen molar-refractivity contribution in [3.05, 3.63) is 174 Å². The zero-order chi connectivity index (χ0) is 40.9. The number of amides is 1. The number of rotatable bonds is 21. The lowest BCUT2D eigenvalue weighted by Gasteiger charge is -2.23. The number of benzene rings is 6. The highest BCUT2D eigenvalue weighted by molar-refractivity contribution is 6.07. The van der Waals surface area contributed by atoms with Gasteiger partial charge < -0.3 is 24.6 Å². The zero-order valence-electron chi connectivity index (χ0n) is 33.5. The number of hydrogen-bond donors (Lipinski definition) is 2. The average Bonchev–Trinajstić information content (AvgIpc) is 3.66.